The first-order chi connectivity index (χ1) is 11.4. The Bertz CT molecular complexity index is 811. The molecule has 0 radical (unpaired) electrons. The molecule has 0 unspecified atom stereocenters. The molecule has 23 heavy (non-hydrogen) atoms. The summed E-state index contributed by atoms with van der Waals surface area (Å²) in [5, 5.41) is 9.20. The van der Waals surface area contributed by atoms with Crippen LogP contribution in [0.15, 0.2) is 107 Å². The Morgan fingerprint density at radius 3 is 1.57 bits per heavy atom. The minimum atomic E-state index is -0.548. The Balaban J connectivity index is 1.90. The van der Waals surface area contributed by atoms with E-state index < -0.39 is 5.54 Å². The number of benzene rings is 3. The van der Waals surface area contributed by atoms with E-state index in [4.69, 9.17) is 5.11 Å². The van der Waals surface area contributed by atoms with Gasteiger partial charge in [0.2, 0.25) is 0 Å². The van der Waals surface area contributed by atoms with Crippen molar-refractivity contribution < 1.29 is 0 Å². The van der Waals surface area contributed by atoms with Gasteiger partial charge < -0.3 is 0 Å². The van der Waals surface area contributed by atoms with E-state index >= 15 is 0 Å². The normalized spacial score (nSPS) is 15.4. The lowest BCUT2D eigenvalue weighted by atomic mass is 9.83. The first-order valence-electron chi connectivity index (χ1n) is 7.71. The van der Waals surface area contributed by atoms with E-state index in [0.29, 0.717) is 0 Å². The first-order valence-corrected chi connectivity index (χ1v) is 7.71. The molecule has 1 aliphatic rings. The molecule has 0 amide bonds. The minimum Gasteiger partial charge on any atom is -0.168 e. The average molecular weight is 296 g/mol. The number of azo groups is 1. The van der Waals surface area contributed by atoms with Crippen LogP contribution in [0.25, 0.3) is 5.70 Å². The number of rotatable bonds is 3. The Morgan fingerprint density at radius 2 is 1.04 bits per heavy atom. The van der Waals surface area contributed by atoms with E-state index in [-0.39, 0.29) is 0 Å². The second-order valence-corrected chi connectivity index (χ2v) is 5.59. The summed E-state index contributed by atoms with van der Waals surface area (Å²) < 4.78 is 0. The van der Waals surface area contributed by atoms with Crippen LogP contribution in [-0.4, -0.2) is 0 Å². The molecule has 3 aromatic carbocycles. The summed E-state index contributed by atoms with van der Waals surface area (Å²) in [7, 11) is 0. The van der Waals surface area contributed by atoms with Gasteiger partial charge in [-0.3, -0.25) is 0 Å². The predicted molar refractivity (Wildman–Crippen MR) is 92.9 cm³/mol. The number of hydrogen-bond acceptors (Lipinski definition) is 2. The Morgan fingerprint density at radius 1 is 0.565 bits per heavy atom. The van der Waals surface area contributed by atoms with Crippen molar-refractivity contribution in [2.24, 2.45) is 10.2 Å². The molecular formula is C21H16N2. The number of hydrogen-bond donors (Lipinski definition) is 0. The average Bonchev–Trinajstić information content (AvgIpc) is 3.11. The maximum absolute atomic E-state index is 4.70. The molecule has 0 aromatic heterocycles. The third-order valence-corrected chi connectivity index (χ3v) is 4.16. The van der Waals surface area contributed by atoms with Crippen LogP contribution in [0.1, 0.15) is 16.7 Å². The van der Waals surface area contributed by atoms with Gasteiger partial charge in [-0.25, -0.2) is 0 Å². The summed E-state index contributed by atoms with van der Waals surface area (Å²) in [5.74, 6) is 0. The maximum Gasteiger partial charge on any atom is 0.152 e. The Hall–Kier alpha value is -3.00. The van der Waals surface area contributed by atoms with E-state index in [9.17, 15) is 0 Å². The van der Waals surface area contributed by atoms with Crippen LogP contribution in [0.5, 0.6) is 0 Å². The summed E-state index contributed by atoms with van der Waals surface area (Å²) in [5.41, 5.74) is 3.71. The molecule has 110 valence electrons. The molecule has 0 fully saturated rings. The van der Waals surface area contributed by atoms with E-state index in [1.54, 1.807) is 0 Å². The molecule has 0 bridgehead atoms. The van der Waals surface area contributed by atoms with E-state index in [1.165, 1.54) is 0 Å². The van der Waals surface area contributed by atoms with E-state index in [2.05, 4.69) is 47.6 Å². The third-order valence-electron chi connectivity index (χ3n) is 4.16. The lowest BCUT2D eigenvalue weighted by molar-refractivity contribution is 0.670. The zero-order chi connectivity index (χ0) is 15.5. The molecule has 0 aliphatic carbocycles. The standard InChI is InChI=1S/C21H16N2/c1-4-10-17(11-5-1)20-16-21(23-22-20,18-12-6-2-7-13-18)19-14-8-3-9-15-19/h1-16H. The molecule has 4 rings (SSSR count). The smallest absolute Gasteiger partial charge is 0.152 e. The second-order valence-electron chi connectivity index (χ2n) is 5.59. The van der Waals surface area contributed by atoms with Crippen molar-refractivity contribution >= 4 is 5.70 Å². The quantitative estimate of drug-likeness (QED) is 0.615. The molecule has 0 saturated heterocycles. The molecule has 3 aromatic rings. The van der Waals surface area contributed by atoms with Crippen molar-refractivity contribution in [1.29, 1.82) is 0 Å². The maximum atomic E-state index is 4.70. The van der Waals surface area contributed by atoms with Crippen molar-refractivity contribution in [3.63, 3.8) is 0 Å². The highest BCUT2D eigenvalue weighted by Crippen LogP contribution is 2.42. The van der Waals surface area contributed by atoms with Crippen LogP contribution in [-0.2, 0) is 5.54 Å². The van der Waals surface area contributed by atoms with Gasteiger partial charge in [0.25, 0.3) is 0 Å². The van der Waals surface area contributed by atoms with Crippen LogP contribution in [0.4, 0.5) is 0 Å². The van der Waals surface area contributed by atoms with Gasteiger partial charge in [0.15, 0.2) is 5.54 Å². The second kappa shape index (κ2) is 5.65. The molecule has 0 atom stereocenters. The van der Waals surface area contributed by atoms with E-state index in [1.807, 2.05) is 54.6 Å². The van der Waals surface area contributed by atoms with Gasteiger partial charge in [-0.05, 0) is 17.2 Å². The summed E-state index contributed by atoms with van der Waals surface area (Å²) >= 11 is 0. The zero-order valence-corrected chi connectivity index (χ0v) is 12.6. The highest BCUT2D eigenvalue weighted by molar-refractivity contribution is 5.69. The Labute approximate surface area is 135 Å². The SMILES string of the molecule is C1=C(c2ccccc2)N=NC1(c1ccccc1)c1ccccc1. The fraction of sp³-hybridized carbons (Fsp3) is 0.0476. The highest BCUT2D eigenvalue weighted by atomic mass is 15.2. The molecule has 1 aliphatic heterocycles. The molecule has 0 saturated carbocycles. The Kier molecular flexibility index (Phi) is 3.35. The largest absolute Gasteiger partial charge is 0.168 e. The monoisotopic (exact) mass is 296 g/mol. The van der Waals surface area contributed by atoms with Crippen LogP contribution in [0, 0.1) is 0 Å². The summed E-state index contributed by atoms with van der Waals surface area (Å²) in [4.78, 5) is 0. The molecule has 2 nitrogen and oxygen atoms in total. The lowest BCUT2D eigenvalue weighted by Gasteiger charge is -2.23. The first kappa shape index (κ1) is 13.6. The molecular weight excluding hydrogens is 280 g/mol. The van der Waals surface area contributed by atoms with Gasteiger partial charge in [-0.1, -0.05) is 91.0 Å². The zero-order valence-electron chi connectivity index (χ0n) is 12.6. The summed E-state index contributed by atoms with van der Waals surface area (Å²) in [6.07, 6.45) is 2.16. The van der Waals surface area contributed by atoms with Gasteiger partial charge in [0.1, 0.15) is 0 Å². The lowest BCUT2D eigenvalue weighted by Crippen LogP contribution is -2.20. The van der Waals surface area contributed by atoms with Crippen molar-refractivity contribution in [3.8, 4) is 0 Å². The summed E-state index contributed by atoms with van der Waals surface area (Å²) in [6.45, 7) is 0. The summed E-state index contributed by atoms with van der Waals surface area (Å²) in [6, 6.07) is 30.9. The van der Waals surface area contributed by atoms with Crippen molar-refractivity contribution in [2.45, 2.75) is 5.54 Å². The van der Waals surface area contributed by atoms with Gasteiger partial charge in [0.05, 0.1) is 5.70 Å². The molecule has 0 N–H and O–H groups in total. The fourth-order valence-electron chi connectivity index (χ4n) is 2.97. The van der Waals surface area contributed by atoms with Gasteiger partial charge in [-0.15, -0.1) is 0 Å². The van der Waals surface area contributed by atoms with Crippen LogP contribution < -0.4 is 0 Å². The minimum absolute atomic E-state index is 0.548. The fourth-order valence-corrected chi connectivity index (χ4v) is 2.97. The third kappa shape index (κ3) is 2.38. The topological polar surface area (TPSA) is 24.7 Å². The van der Waals surface area contributed by atoms with Crippen molar-refractivity contribution in [3.05, 3.63) is 114 Å². The van der Waals surface area contributed by atoms with Crippen LogP contribution in [0.3, 0.4) is 0 Å². The van der Waals surface area contributed by atoms with E-state index in [0.717, 1.165) is 22.4 Å². The van der Waals surface area contributed by atoms with Crippen LogP contribution >= 0.6 is 0 Å². The number of nitrogens with zero attached hydrogens (tertiary/aromatic N) is 2. The van der Waals surface area contributed by atoms with Gasteiger partial charge in [-0.2, -0.15) is 10.2 Å². The molecule has 2 heteroatoms. The van der Waals surface area contributed by atoms with Crippen molar-refractivity contribution in [1.82, 2.24) is 0 Å². The predicted octanol–water partition coefficient (Wildman–Crippen LogP) is 5.44. The highest BCUT2D eigenvalue weighted by Gasteiger charge is 2.36. The van der Waals surface area contributed by atoms with Gasteiger partial charge in [0, 0.05) is 5.56 Å². The van der Waals surface area contributed by atoms with Gasteiger partial charge >= 0.3 is 0 Å². The molecule has 0 spiro atoms. The molecule has 1 heterocycles. The van der Waals surface area contributed by atoms with Crippen LogP contribution in [0.2, 0.25) is 0 Å². The van der Waals surface area contributed by atoms with Crippen molar-refractivity contribution in [2.75, 3.05) is 0 Å².